The SMILES string of the molecule is CCOC(=O)[C@H](C)[C@@H]1[C@H](F)CCN1Cc1ccccc1. The Morgan fingerprint density at radius 2 is 2.15 bits per heavy atom. The van der Waals surface area contributed by atoms with E-state index >= 15 is 0 Å². The van der Waals surface area contributed by atoms with Crippen LogP contribution in [0, 0.1) is 5.92 Å². The fourth-order valence-corrected chi connectivity index (χ4v) is 2.88. The molecule has 1 heterocycles. The summed E-state index contributed by atoms with van der Waals surface area (Å²) >= 11 is 0. The third-order valence-electron chi connectivity index (χ3n) is 3.88. The van der Waals surface area contributed by atoms with Crippen LogP contribution in [0.4, 0.5) is 4.39 Å². The molecule has 0 aliphatic carbocycles. The van der Waals surface area contributed by atoms with Gasteiger partial charge in [-0.3, -0.25) is 9.69 Å². The number of carbonyl (C=O) groups excluding carboxylic acids is 1. The highest BCUT2D eigenvalue weighted by atomic mass is 19.1. The topological polar surface area (TPSA) is 29.5 Å². The van der Waals surface area contributed by atoms with Gasteiger partial charge in [0.2, 0.25) is 0 Å². The second-order valence-corrected chi connectivity index (χ2v) is 5.29. The fourth-order valence-electron chi connectivity index (χ4n) is 2.88. The Kier molecular flexibility index (Phi) is 5.12. The first-order valence-corrected chi connectivity index (χ1v) is 7.22. The molecule has 1 saturated heterocycles. The van der Waals surface area contributed by atoms with Crippen LogP contribution in [0.1, 0.15) is 25.8 Å². The van der Waals surface area contributed by atoms with Crippen LogP contribution in [0.25, 0.3) is 0 Å². The summed E-state index contributed by atoms with van der Waals surface area (Å²) < 4.78 is 19.2. The van der Waals surface area contributed by atoms with Gasteiger partial charge in [0.05, 0.1) is 18.6 Å². The number of ether oxygens (including phenoxy) is 1. The van der Waals surface area contributed by atoms with Crippen LogP contribution in [0.5, 0.6) is 0 Å². The van der Waals surface area contributed by atoms with Gasteiger partial charge in [-0.25, -0.2) is 4.39 Å². The summed E-state index contributed by atoms with van der Waals surface area (Å²) in [6, 6.07) is 9.58. The van der Waals surface area contributed by atoms with Gasteiger partial charge in [0.1, 0.15) is 6.17 Å². The molecule has 20 heavy (non-hydrogen) atoms. The van der Waals surface area contributed by atoms with Crippen molar-refractivity contribution in [1.29, 1.82) is 0 Å². The summed E-state index contributed by atoms with van der Waals surface area (Å²) in [4.78, 5) is 13.9. The molecule has 2 rings (SSSR count). The lowest BCUT2D eigenvalue weighted by molar-refractivity contribution is -0.150. The molecule has 1 aromatic carbocycles. The van der Waals surface area contributed by atoms with Crippen LogP contribution in [0.15, 0.2) is 30.3 Å². The smallest absolute Gasteiger partial charge is 0.310 e. The number of halogens is 1. The van der Waals surface area contributed by atoms with E-state index in [4.69, 9.17) is 4.74 Å². The summed E-state index contributed by atoms with van der Waals surface area (Å²) in [6.45, 7) is 5.23. The zero-order valence-electron chi connectivity index (χ0n) is 12.1. The molecule has 1 aromatic rings. The van der Waals surface area contributed by atoms with Crippen molar-refractivity contribution in [2.24, 2.45) is 5.92 Å². The van der Waals surface area contributed by atoms with Crippen molar-refractivity contribution >= 4 is 5.97 Å². The largest absolute Gasteiger partial charge is 0.466 e. The molecule has 0 N–H and O–H groups in total. The van der Waals surface area contributed by atoms with E-state index in [0.29, 0.717) is 26.1 Å². The molecule has 0 unspecified atom stereocenters. The zero-order valence-corrected chi connectivity index (χ0v) is 12.1. The minimum Gasteiger partial charge on any atom is -0.466 e. The van der Waals surface area contributed by atoms with Gasteiger partial charge in [-0.05, 0) is 18.9 Å². The first-order valence-electron chi connectivity index (χ1n) is 7.22. The molecule has 1 fully saturated rings. The van der Waals surface area contributed by atoms with Crippen molar-refractivity contribution < 1.29 is 13.9 Å². The highest BCUT2D eigenvalue weighted by molar-refractivity contribution is 5.73. The quantitative estimate of drug-likeness (QED) is 0.776. The van der Waals surface area contributed by atoms with Crippen molar-refractivity contribution in [2.75, 3.05) is 13.2 Å². The van der Waals surface area contributed by atoms with Crippen LogP contribution >= 0.6 is 0 Å². The Morgan fingerprint density at radius 1 is 1.45 bits per heavy atom. The van der Waals surface area contributed by atoms with Crippen LogP contribution in [0.2, 0.25) is 0 Å². The van der Waals surface area contributed by atoms with E-state index in [-0.39, 0.29) is 12.0 Å². The lowest BCUT2D eigenvalue weighted by Crippen LogP contribution is -2.42. The van der Waals surface area contributed by atoms with Gasteiger partial charge in [-0.2, -0.15) is 0 Å². The Balaban J connectivity index is 2.06. The number of nitrogens with zero attached hydrogens (tertiary/aromatic N) is 1. The van der Waals surface area contributed by atoms with E-state index in [1.165, 1.54) is 0 Å². The van der Waals surface area contributed by atoms with Gasteiger partial charge >= 0.3 is 5.97 Å². The van der Waals surface area contributed by atoms with E-state index in [1.54, 1.807) is 13.8 Å². The predicted octanol–water partition coefficient (Wildman–Crippen LogP) is 2.80. The number of benzene rings is 1. The van der Waals surface area contributed by atoms with Crippen molar-refractivity contribution in [3.8, 4) is 0 Å². The fraction of sp³-hybridized carbons (Fsp3) is 0.562. The van der Waals surface area contributed by atoms with E-state index < -0.39 is 12.1 Å². The first-order chi connectivity index (χ1) is 9.63. The van der Waals surface area contributed by atoms with Gasteiger partial charge in [0, 0.05) is 13.1 Å². The molecule has 1 aliphatic heterocycles. The van der Waals surface area contributed by atoms with Gasteiger partial charge in [-0.15, -0.1) is 0 Å². The minimum atomic E-state index is -0.960. The van der Waals surface area contributed by atoms with E-state index in [9.17, 15) is 9.18 Å². The van der Waals surface area contributed by atoms with E-state index in [2.05, 4.69) is 4.90 Å². The van der Waals surface area contributed by atoms with Crippen molar-refractivity contribution in [2.45, 2.75) is 39.0 Å². The van der Waals surface area contributed by atoms with Gasteiger partial charge in [0.15, 0.2) is 0 Å². The van der Waals surface area contributed by atoms with Crippen molar-refractivity contribution in [3.63, 3.8) is 0 Å². The molecule has 4 heteroatoms. The monoisotopic (exact) mass is 279 g/mol. The Morgan fingerprint density at radius 3 is 2.80 bits per heavy atom. The summed E-state index contributed by atoms with van der Waals surface area (Å²) in [5.41, 5.74) is 1.14. The van der Waals surface area contributed by atoms with Crippen LogP contribution in [-0.2, 0) is 16.1 Å². The number of carbonyl (C=O) groups is 1. The highest BCUT2D eigenvalue weighted by Gasteiger charge is 2.41. The molecule has 3 nitrogen and oxygen atoms in total. The molecule has 0 amide bonds. The van der Waals surface area contributed by atoms with Gasteiger partial charge < -0.3 is 4.74 Å². The van der Waals surface area contributed by atoms with Crippen molar-refractivity contribution in [1.82, 2.24) is 4.90 Å². The lowest BCUT2D eigenvalue weighted by Gasteiger charge is -2.29. The van der Waals surface area contributed by atoms with Gasteiger partial charge in [-0.1, -0.05) is 37.3 Å². The Bertz CT molecular complexity index is 437. The Labute approximate surface area is 119 Å². The summed E-state index contributed by atoms with van der Waals surface area (Å²) in [7, 11) is 0. The second kappa shape index (κ2) is 6.84. The highest BCUT2D eigenvalue weighted by Crippen LogP contribution is 2.29. The van der Waals surface area contributed by atoms with Crippen molar-refractivity contribution in [3.05, 3.63) is 35.9 Å². The molecule has 0 saturated carbocycles. The first kappa shape index (κ1) is 15.0. The summed E-state index contributed by atoms with van der Waals surface area (Å²) in [5.74, 6) is -0.740. The number of rotatable bonds is 5. The number of likely N-dealkylation sites (tertiary alicyclic amines) is 1. The molecule has 0 spiro atoms. The molecule has 0 aromatic heterocycles. The van der Waals surface area contributed by atoms with Crippen LogP contribution in [0.3, 0.4) is 0 Å². The maximum Gasteiger partial charge on any atom is 0.310 e. The molecule has 0 bridgehead atoms. The third-order valence-corrected chi connectivity index (χ3v) is 3.88. The third kappa shape index (κ3) is 3.37. The van der Waals surface area contributed by atoms with Crippen LogP contribution < -0.4 is 0 Å². The predicted molar refractivity (Wildman–Crippen MR) is 76.0 cm³/mol. The average Bonchev–Trinajstić information content (AvgIpc) is 2.80. The second-order valence-electron chi connectivity index (χ2n) is 5.29. The Hall–Kier alpha value is -1.42. The number of esters is 1. The molecule has 0 radical (unpaired) electrons. The summed E-state index contributed by atoms with van der Waals surface area (Å²) in [6.07, 6.45) is -0.473. The molecular weight excluding hydrogens is 257 g/mol. The molecule has 1 aliphatic rings. The van der Waals surface area contributed by atoms with E-state index in [0.717, 1.165) is 5.56 Å². The molecule has 110 valence electrons. The van der Waals surface area contributed by atoms with Gasteiger partial charge in [0.25, 0.3) is 0 Å². The maximum atomic E-state index is 14.1. The normalized spacial score (nSPS) is 24.6. The number of alkyl halides is 1. The summed E-state index contributed by atoms with van der Waals surface area (Å²) in [5, 5.41) is 0. The molecular formula is C16H22FNO2. The average molecular weight is 279 g/mol. The number of hydrogen-bond donors (Lipinski definition) is 0. The van der Waals surface area contributed by atoms with Crippen LogP contribution in [-0.4, -0.2) is 36.2 Å². The standard InChI is InChI=1S/C16H22FNO2/c1-3-20-16(19)12(2)15-14(17)9-10-18(15)11-13-7-5-4-6-8-13/h4-8,12,14-15H,3,9-11H2,1-2H3/t12-,14-,15-/m1/s1. The van der Waals surface area contributed by atoms with E-state index in [1.807, 2.05) is 30.3 Å². The zero-order chi connectivity index (χ0) is 14.5. The maximum absolute atomic E-state index is 14.1. The lowest BCUT2D eigenvalue weighted by atomic mass is 9.98. The minimum absolute atomic E-state index is 0.305. The molecule has 3 atom stereocenters. The number of hydrogen-bond acceptors (Lipinski definition) is 3.